The molecule has 0 unspecified atom stereocenters. The van der Waals surface area contributed by atoms with Crippen molar-refractivity contribution >= 4 is 17.4 Å². The van der Waals surface area contributed by atoms with Gasteiger partial charge in [-0.2, -0.15) is 4.98 Å². The molecule has 0 spiro atoms. The van der Waals surface area contributed by atoms with Crippen LogP contribution < -0.4 is 10.5 Å². The van der Waals surface area contributed by atoms with Crippen molar-refractivity contribution in [1.82, 2.24) is 10.1 Å². The summed E-state index contributed by atoms with van der Waals surface area (Å²) >= 11 is 1.56. The Labute approximate surface area is 122 Å². The van der Waals surface area contributed by atoms with E-state index in [1.165, 1.54) is 0 Å². The first kappa shape index (κ1) is 14.7. The summed E-state index contributed by atoms with van der Waals surface area (Å²) in [5.41, 5.74) is 6.53. The second-order valence-electron chi connectivity index (χ2n) is 5.46. The lowest BCUT2D eigenvalue weighted by Gasteiger charge is -2.10. The van der Waals surface area contributed by atoms with E-state index in [9.17, 15) is 0 Å². The van der Waals surface area contributed by atoms with Gasteiger partial charge in [0.15, 0.2) is 5.82 Å². The highest BCUT2D eigenvalue weighted by atomic mass is 32.2. The van der Waals surface area contributed by atoms with Gasteiger partial charge in [0.2, 0.25) is 5.89 Å². The molecule has 0 atom stereocenters. The van der Waals surface area contributed by atoms with E-state index in [0.29, 0.717) is 17.5 Å². The van der Waals surface area contributed by atoms with Gasteiger partial charge in [-0.3, -0.25) is 0 Å². The van der Waals surface area contributed by atoms with Gasteiger partial charge in [-0.25, -0.2) is 0 Å². The van der Waals surface area contributed by atoms with E-state index in [0.717, 1.165) is 16.3 Å². The summed E-state index contributed by atoms with van der Waals surface area (Å²) in [7, 11) is 1.63. The smallest absolute Gasteiger partial charge is 0.232 e. The van der Waals surface area contributed by atoms with Crippen molar-refractivity contribution in [3.8, 4) is 5.75 Å². The van der Waals surface area contributed by atoms with Crippen molar-refractivity contribution in [3.63, 3.8) is 0 Å². The molecule has 0 saturated heterocycles. The first-order valence-corrected chi connectivity index (χ1v) is 7.28. The highest BCUT2D eigenvalue weighted by Gasteiger charge is 2.21. The molecule has 2 rings (SSSR count). The minimum absolute atomic E-state index is 0.134. The van der Waals surface area contributed by atoms with Crippen molar-refractivity contribution in [1.29, 1.82) is 0 Å². The Morgan fingerprint density at radius 2 is 2.10 bits per heavy atom. The zero-order chi connectivity index (χ0) is 14.8. The maximum absolute atomic E-state index is 5.94. The normalized spacial score (nSPS) is 11.6. The first-order chi connectivity index (χ1) is 9.40. The molecule has 0 amide bonds. The molecule has 0 aliphatic heterocycles. The fraction of sp³-hybridized carbons (Fsp3) is 0.429. The number of nitrogens with two attached hydrogens (primary N) is 1. The van der Waals surface area contributed by atoms with E-state index in [4.69, 9.17) is 15.0 Å². The Morgan fingerprint density at radius 1 is 1.35 bits per heavy atom. The van der Waals surface area contributed by atoms with Crippen LogP contribution in [0.15, 0.2) is 27.6 Å². The first-order valence-electron chi connectivity index (χ1n) is 6.29. The summed E-state index contributed by atoms with van der Waals surface area (Å²) in [4.78, 5) is 5.35. The van der Waals surface area contributed by atoms with E-state index in [1.807, 2.05) is 39.0 Å². The topological polar surface area (TPSA) is 74.2 Å². The Kier molecular flexibility index (Phi) is 4.23. The largest absolute Gasteiger partial charge is 0.497 e. The fourth-order valence-corrected chi connectivity index (χ4v) is 2.36. The molecule has 0 radical (unpaired) electrons. The summed E-state index contributed by atoms with van der Waals surface area (Å²) < 4.78 is 10.5. The van der Waals surface area contributed by atoms with Crippen LogP contribution in [0.5, 0.6) is 5.75 Å². The molecular formula is C14H19N3O2S. The minimum Gasteiger partial charge on any atom is -0.497 e. The van der Waals surface area contributed by atoms with Crippen molar-refractivity contribution in [3.05, 3.63) is 29.9 Å². The number of rotatable bonds is 4. The summed E-state index contributed by atoms with van der Waals surface area (Å²) in [5.74, 6) is 2.70. The monoisotopic (exact) mass is 293 g/mol. The SMILES string of the molecule is COc1ccc(N)c(SCc2noc(C(C)(C)C)n2)c1. The zero-order valence-corrected chi connectivity index (χ0v) is 13.0. The van der Waals surface area contributed by atoms with Crippen LogP contribution in [0.3, 0.4) is 0 Å². The van der Waals surface area contributed by atoms with Crippen LogP contribution in [0.4, 0.5) is 5.69 Å². The molecule has 1 aromatic carbocycles. The molecular weight excluding hydrogens is 274 g/mol. The quantitative estimate of drug-likeness (QED) is 0.689. The second kappa shape index (κ2) is 5.75. The molecule has 0 bridgehead atoms. The lowest BCUT2D eigenvalue weighted by Crippen LogP contribution is -2.11. The molecule has 1 aromatic heterocycles. The Balaban J connectivity index is 2.07. The number of benzene rings is 1. The third-order valence-electron chi connectivity index (χ3n) is 2.69. The van der Waals surface area contributed by atoms with Gasteiger partial charge >= 0.3 is 0 Å². The maximum atomic E-state index is 5.94. The predicted octanol–water partition coefficient (Wildman–Crippen LogP) is 3.25. The average molecular weight is 293 g/mol. The number of nitrogen functional groups attached to an aromatic ring is 1. The number of methoxy groups -OCH3 is 1. The van der Waals surface area contributed by atoms with E-state index < -0.39 is 0 Å². The van der Waals surface area contributed by atoms with Gasteiger partial charge < -0.3 is 15.0 Å². The van der Waals surface area contributed by atoms with E-state index in [-0.39, 0.29) is 5.41 Å². The number of hydrogen-bond donors (Lipinski definition) is 1. The number of hydrogen-bond acceptors (Lipinski definition) is 6. The summed E-state index contributed by atoms with van der Waals surface area (Å²) in [6.07, 6.45) is 0. The Bertz CT molecular complexity index is 590. The molecule has 6 heteroatoms. The van der Waals surface area contributed by atoms with Gasteiger partial charge in [-0.1, -0.05) is 25.9 Å². The molecule has 2 aromatic rings. The third kappa shape index (κ3) is 3.45. The minimum atomic E-state index is -0.134. The summed E-state index contributed by atoms with van der Waals surface area (Å²) in [5, 5.41) is 3.99. The van der Waals surface area contributed by atoms with Crippen molar-refractivity contribution in [2.75, 3.05) is 12.8 Å². The molecule has 20 heavy (non-hydrogen) atoms. The molecule has 0 saturated carbocycles. The number of ether oxygens (including phenoxy) is 1. The number of thioether (sulfide) groups is 1. The van der Waals surface area contributed by atoms with Crippen LogP contribution in [-0.4, -0.2) is 17.3 Å². The Morgan fingerprint density at radius 3 is 2.70 bits per heavy atom. The molecule has 0 fully saturated rings. The van der Waals surface area contributed by atoms with Gasteiger partial charge in [0.25, 0.3) is 0 Å². The standard InChI is InChI=1S/C14H19N3O2S/c1-14(2,3)13-16-12(17-19-13)8-20-11-7-9(18-4)5-6-10(11)15/h5-7H,8,15H2,1-4H3. The van der Waals surface area contributed by atoms with Crippen LogP contribution in [0.25, 0.3) is 0 Å². The fourth-order valence-electron chi connectivity index (χ4n) is 1.53. The van der Waals surface area contributed by atoms with E-state index in [2.05, 4.69) is 10.1 Å². The lowest BCUT2D eigenvalue weighted by molar-refractivity contribution is 0.319. The third-order valence-corrected chi connectivity index (χ3v) is 3.75. The summed E-state index contributed by atoms with van der Waals surface area (Å²) in [6, 6.07) is 5.58. The van der Waals surface area contributed by atoms with Crippen LogP contribution in [0, 0.1) is 0 Å². The van der Waals surface area contributed by atoms with Crippen LogP contribution in [-0.2, 0) is 11.2 Å². The molecule has 0 aliphatic carbocycles. The highest BCUT2D eigenvalue weighted by molar-refractivity contribution is 7.98. The second-order valence-corrected chi connectivity index (χ2v) is 6.48. The van der Waals surface area contributed by atoms with Crippen molar-refractivity contribution < 1.29 is 9.26 Å². The van der Waals surface area contributed by atoms with Crippen LogP contribution in [0.1, 0.15) is 32.5 Å². The molecule has 2 N–H and O–H groups in total. The molecule has 108 valence electrons. The predicted molar refractivity (Wildman–Crippen MR) is 80.0 cm³/mol. The highest BCUT2D eigenvalue weighted by Crippen LogP contribution is 2.31. The van der Waals surface area contributed by atoms with Crippen LogP contribution in [0.2, 0.25) is 0 Å². The van der Waals surface area contributed by atoms with Crippen molar-refractivity contribution in [2.24, 2.45) is 0 Å². The van der Waals surface area contributed by atoms with Gasteiger partial charge in [-0.15, -0.1) is 11.8 Å². The van der Waals surface area contributed by atoms with Gasteiger partial charge in [0, 0.05) is 16.0 Å². The van der Waals surface area contributed by atoms with Gasteiger partial charge in [0.1, 0.15) is 5.75 Å². The maximum Gasteiger partial charge on any atom is 0.232 e. The van der Waals surface area contributed by atoms with Gasteiger partial charge in [-0.05, 0) is 18.2 Å². The molecule has 5 nitrogen and oxygen atoms in total. The number of nitrogens with zero attached hydrogens (tertiary/aromatic N) is 2. The molecule has 0 aliphatic rings. The van der Waals surface area contributed by atoms with Crippen LogP contribution >= 0.6 is 11.8 Å². The van der Waals surface area contributed by atoms with E-state index in [1.54, 1.807) is 18.9 Å². The average Bonchev–Trinajstić information content (AvgIpc) is 2.86. The zero-order valence-electron chi connectivity index (χ0n) is 12.1. The number of aromatic nitrogens is 2. The number of anilines is 1. The lowest BCUT2D eigenvalue weighted by atomic mass is 9.97. The van der Waals surface area contributed by atoms with Gasteiger partial charge in [0.05, 0.1) is 12.9 Å². The molecule has 1 heterocycles. The Hall–Kier alpha value is -1.69. The summed E-state index contributed by atoms with van der Waals surface area (Å²) in [6.45, 7) is 6.12. The van der Waals surface area contributed by atoms with E-state index >= 15 is 0 Å². The van der Waals surface area contributed by atoms with Crippen molar-refractivity contribution in [2.45, 2.75) is 36.8 Å².